The van der Waals surface area contributed by atoms with Gasteiger partial charge < -0.3 is 14.2 Å². The monoisotopic (exact) mass is 415 g/mol. The molecule has 3 heterocycles. The van der Waals surface area contributed by atoms with Crippen LogP contribution in [-0.2, 0) is 20.1 Å². The maximum Gasteiger partial charge on any atom is 0.332 e. The zero-order valence-corrected chi connectivity index (χ0v) is 17.3. The highest BCUT2D eigenvalue weighted by atomic mass is 35.5. The number of anilines is 2. The van der Waals surface area contributed by atoms with E-state index in [-0.39, 0.29) is 18.0 Å². The Labute approximate surface area is 172 Å². The summed E-state index contributed by atoms with van der Waals surface area (Å²) in [7, 11) is 3.19. The van der Waals surface area contributed by atoms with Crippen LogP contribution in [0.2, 0.25) is 5.02 Å². The maximum atomic E-state index is 13.1. The van der Waals surface area contributed by atoms with E-state index in [1.54, 1.807) is 20.2 Å². The van der Waals surface area contributed by atoms with E-state index in [4.69, 9.17) is 16.3 Å². The Hall–Kier alpha value is -3.00. The molecule has 0 amide bonds. The molecule has 0 saturated heterocycles. The van der Waals surface area contributed by atoms with Crippen LogP contribution < -0.4 is 20.9 Å². The summed E-state index contributed by atoms with van der Waals surface area (Å²) >= 11 is 6.33. The molecule has 0 spiro atoms. The summed E-state index contributed by atoms with van der Waals surface area (Å²) in [5, 5.41) is 0.492. The number of methoxy groups -OCH3 is 1. The number of nitrogens with zero attached hydrogens (tertiary/aromatic N) is 5. The molecule has 1 aliphatic rings. The number of allylic oxidation sites excluding steroid dienone is 1. The summed E-state index contributed by atoms with van der Waals surface area (Å²) in [6.45, 7) is 7.25. The predicted molar refractivity (Wildman–Crippen MR) is 114 cm³/mol. The molecule has 0 N–H and O–H groups in total. The highest BCUT2D eigenvalue weighted by Crippen LogP contribution is 2.36. The first-order chi connectivity index (χ1) is 13.9. The zero-order chi connectivity index (χ0) is 20.9. The van der Waals surface area contributed by atoms with Gasteiger partial charge in [-0.05, 0) is 24.1 Å². The molecule has 3 aromatic rings. The molecular formula is C20H22ClN5O3. The van der Waals surface area contributed by atoms with Gasteiger partial charge in [-0.25, -0.2) is 4.79 Å². The summed E-state index contributed by atoms with van der Waals surface area (Å²) < 4.78 is 9.73. The third kappa shape index (κ3) is 2.95. The summed E-state index contributed by atoms with van der Waals surface area (Å²) in [6.07, 6.45) is 1.54. The molecule has 29 heavy (non-hydrogen) atoms. The van der Waals surface area contributed by atoms with Crippen molar-refractivity contribution in [2.75, 3.05) is 18.6 Å². The minimum absolute atomic E-state index is 0.148. The van der Waals surface area contributed by atoms with Crippen molar-refractivity contribution >= 4 is 34.4 Å². The van der Waals surface area contributed by atoms with E-state index >= 15 is 0 Å². The molecule has 1 atom stereocenters. The van der Waals surface area contributed by atoms with Crippen molar-refractivity contribution in [3.05, 3.63) is 56.7 Å². The van der Waals surface area contributed by atoms with Gasteiger partial charge in [-0.2, -0.15) is 4.98 Å². The summed E-state index contributed by atoms with van der Waals surface area (Å²) in [4.78, 5) is 32.4. The second kappa shape index (κ2) is 7.11. The van der Waals surface area contributed by atoms with Gasteiger partial charge in [0.25, 0.3) is 5.56 Å². The lowest BCUT2D eigenvalue weighted by molar-refractivity contribution is 0.415. The fraction of sp³-hybridized carbons (Fsp3) is 0.350. The normalized spacial score (nSPS) is 16.1. The number of benzene rings is 1. The van der Waals surface area contributed by atoms with Crippen LogP contribution in [0.1, 0.15) is 6.92 Å². The molecule has 0 fully saturated rings. The lowest BCUT2D eigenvalue weighted by Crippen LogP contribution is -2.40. The molecule has 0 bridgehead atoms. The number of halogens is 1. The van der Waals surface area contributed by atoms with Gasteiger partial charge in [0.15, 0.2) is 11.2 Å². The van der Waals surface area contributed by atoms with Gasteiger partial charge >= 0.3 is 5.69 Å². The van der Waals surface area contributed by atoms with Gasteiger partial charge in [-0.15, -0.1) is 6.58 Å². The first-order valence-electron chi connectivity index (χ1n) is 9.29. The van der Waals surface area contributed by atoms with Gasteiger partial charge in [0, 0.05) is 32.4 Å². The van der Waals surface area contributed by atoms with Crippen LogP contribution in [0.4, 0.5) is 11.6 Å². The topological polar surface area (TPSA) is 74.3 Å². The highest BCUT2D eigenvalue weighted by Gasteiger charge is 2.30. The first kappa shape index (κ1) is 19.3. The Morgan fingerprint density at radius 3 is 2.76 bits per heavy atom. The number of hydrogen-bond donors (Lipinski definition) is 0. The Kier molecular flexibility index (Phi) is 4.74. The third-order valence-corrected chi connectivity index (χ3v) is 5.50. The average Bonchev–Trinajstić information content (AvgIpc) is 3.08. The second-order valence-electron chi connectivity index (χ2n) is 7.28. The number of aryl methyl sites for hydroxylation is 1. The summed E-state index contributed by atoms with van der Waals surface area (Å²) in [5.74, 6) is 1.46. The largest absolute Gasteiger partial charge is 0.495 e. The van der Waals surface area contributed by atoms with Gasteiger partial charge in [-0.1, -0.05) is 24.6 Å². The van der Waals surface area contributed by atoms with E-state index in [1.807, 2.05) is 21.6 Å². The number of imidazole rings is 1. The Bertz CT molecular complexity index is 1240. The average molecular weight is 416 g/mol. The number of rotatable bonds is 4. The van der Waals surface area contributed by atoms with E-state index < -0.39 is 5.69 Å². The number of fused-ring (bicyclic) bond motifs is 3. The van der Waals surface area contributed by atoms with Crippen LogP contribution in [0.3, 0.4) is 0 Å². The van der Waals surface area contributed by atoms with E-state index in [0.29, 0.717) is 41.0 Å². The Morgan fingerprint density at radius 1 is 1.34 bits per heavy atom. The SMILES string of the molecule is C=CCn1c(=O)c2c(nc3n2C[C@H](C)CN3c2ccc(OC)c(Cl)c2)n(C)c1=O. The van der Waals surface area contributed by atoms with Crippen LogP contribution in [-0.4, -0.2) is 32.3 Å². The number of hydrogen-bond acceptors (Lipinski definition) is 5. The van der Waals surface area contributed by atoms with E-state index in [0.717, 1.165) is 5.69 Å². The van der Waals surface area contributed by atoms with Gasteiger partial charge in [0.2, 0.25) is 5.95 Å². The predicted octanol–water partition coefficient (Wildman–Crippen LogP) is 2.53. The molecule has 0 saturated carbocycles. The fourth-order valence-corrected chi connectivity index (χ4v) is 4.09. The minimum atomic E-state index is -0.412. The van der Waals surface area contributed by atoms with Crippen LogP contribution in [0.5, 0.6) is 5.75 Å². The molecule has 0 radical (unpaired) electrons. The molecule has 4 rings (SSSR count). The molecule has 0 aliphatic carbocycles. The van der Waals surface area contributed by atoms with E-state index in [9.17, 15) is 9.59 Å². The molecular weight excluding hydrogens is 394 g/mol. The van der Waals surface area contributed by atoms with Crippen LogP contribution in [0.15, 0.2) is 40.4 Å². The molecule has 2 aromatic heterocycles. The highest BCUT2D eigenvalue weighted by molar-refractivity contribution is 6.32. The Balaban J connectivity index is 1.98. The fourth-order valence-electron chi connectivity index (χ4n) is 3.84. The number of ether oxygens (including phenoxy) is 1. The first-order valence-corrected chi connectivity index (χ1v) is 9.67. The molecule has 0 unspecified atom stereocenters. The van der Waals surface area contributed by atoms with Crippen LogP contribution in [0.25, 0.3) is 11.2 Å². The van der Waals surface area contributed by atoms with Crippen LogP contribution in [0, 0.1) is 5.92 Å². The summed E-state index contributed by atoms with van der Waals surface area (Å²) in [5.41, 5.74) is 0.859. The third-order valence-electron chi connectivity index (χ3n) is 5.20. The van der Waals surface area contributed by atoms with E-state index in [1.165, 1.54) is 15.2 Å². The van der Waals surface area contributed by atoms with Crippen molar-refractivity contribution in [3.8, 4) is 5.75 Å². The molecule has 1 aromatic carbocycles. The van der Waals surface area contributed by atoms with Gasteiger partial charge in [-0.3, -0.25) is 13.9 Å². The minimum Gasteiger partial charge on any atom is -0.495 e. The molecule has 152 valence electrons. The lowest BCUT2D eigenvalue weighted by atomic mass is 10.1. The van der Waals surface area contributed by atoms with Gasteiger partial charge in [0.05, 0.1) is 12.1 Å². The van der Waals surface area contributed by atoms with Crippen molar-refractivity contribution in [3.63, 3.8) is 0 Å². The number of aromatic nitrogens is 4. The van der Waals surface area contributed by atoms with Crippen molar-refractivity contribution < 1.29 is 4.74 Å². The van der Waals surface area contributed by atoms with Crippen molar-refractivity contribution in [2.24, 2.45) is 13.0 Å². The molecule has 9 heteroatoms. The Morgan fingerprint density at radius 2 is 2.10 bits per heavy atom. The second-order valence-corrected chi connectivity index (χ2v) is 7.68. The molecule has 8 nitrogen and oxygen atoms in total. The molecule has 1 aliphatic heterocycles. The quantitative estimate of drug-likeness (QED) is 0.612. The van der Waals surface area contributed by atoms with E-state index in [2.05, 4.69) is 18.5 Å². The summed E-state index contributed by atoms with van der Waals surface area (Å²) in [6, 6.07) is 5.52. The van der Waals surface area contributed by atoms with Crippen molar-refractivity contribution in [1.82, 2.24) is 18.7 Å². The maximum absolute atomic E-state index is 13.1. The lowest BCUT2D eigenvalue weighted by Gasteiger charge is -2.33. The van der Waals surface area contributed by atoms with Crippen LogP contribution >= 0.6 is 11.6 Å². The standard InChI is InChI=1S/C20H22ClN5O3/c1-5-8-24-18(27)16-17(23(3)20(24)28)22-19-25(10-12(2)11-26(16)19)13-6-7-15(29-4)14(21)9-13/h5-7,9,12H,1,8,10-11H2,2-4H3/t12-/m1/s1. The van der Waals surface area contributed by atoms with Gasteiger partial charge in [0.1, 0.15) is 5.75 Å². The van der Waals surface area contributed by atoms with Crippen molar-refractivity contribution in [1.29, 1.82) is 0 Å². The zero-order valence-electron chi connectivity index (χ0n) is 16.6. The smallest absolute Gasteiger partial charge is 0.332 e. The van der Waals surface area contributed by atoms with Crippen molar-refractivity contribution in [2.45, 2.75) is 20.0 Å².